The third-order valence-corrected chi connectivity index (χ3v) is 3.59. The molecule has 1 saturated heterocycles. The minimum Gasteiger partial charge on any atom is -0.371 e. The van der Waals surface area contributed by atoms with Gasteiger partial charge in [-0.25, -0.2) is 4.39 Å². The van der Waals surface area contributed by atoms with Crippen molar-refractivity contribution in [3.8, 4) is 0 Å². The molecule has 1 aliphatic heterocycles. The van der Waals surface area contributed by atoms with Crippen molar-refractivity contribution in [3.05, 3.63) is 35.6 Å². The van der Waals surface area contributed by atoms with Gasteiger partial charge in [0.15, 0.2) is 0 Å². The molecule has 8 heteroatoms. The highest BCUT2D eigenvalue weighted by molar-refractivity contribution is 5.78. The highest BCUT2D eigenvalue weighted by atomic mass is 19.4. The van der Waals surface area contributed by atoms with E-state index in [2.05, 4.69) is 0 Å². The molecule has 1 heterocycles. The second-order valence-electron chi connectivity index (χ2n) is 5.51. The smallest absolute Gasteiger partial charge is 0.371 e. The third kappa shape index (κ3) is 5.47. The Hall–Kier alpha value is -1.67. The molecule has 0 saturated carbocycles. The largest absolute Gasteiger partial charge is 0.406 e. The maximum Gasteiger partial charge on any atom is 0.406 e. The van der Waals surface area contributed by atoms with Crippen LogP contribution >= 0.6 is 0 Å². The number of amides is 1. The SMILES string of the molecule is CN(CC(F)(F)F)C(=O)CN1CCOC(c2ccc(F)cc2)C1. The first kappa shape index (κ1) is 17.7. The van der Waals surface area contributed by atoms with Gasteiger partial charge >= 0.3 is 6.18 Å². The molecule has 0 aliphatic carbocycles. The summed E-state index contributed by atoms with van der Waals surface area (Å²) in [4.78, 5) is 14.3. The van der Waals surface area contributed by atoms with Gasteiger partial charge in [0.25, 0.3) is 0 Å². The van der Waals surface area contributed by atoms with Crippen LogP contribution in [0.15, 0.2) is 24.3 Å². The summed E-state index contributed by atoms with van der Waals surface area (Å²) in [6.45, 7) is -0.177. The van der Waals surface area contributed by atoms with Gasteiger partial charge in [0.1, 0.15) is 12.4 Å². The zero-order chi connectivity index (χ0) is 17.0. The molecule has 1 unspecified atom stereocenters. The summed E-state index contributed by atoms with van der Waals surface area (Å²) in [6, 6.07) is 5.84. The van der Waals surface area contributed by atoms with E-state index in [1.54, 1.807) is 17.0 Å². The number of alkyl halides is 3. The minimum absolute atomic E-state index is 0.104. The average Bonchev–Trinajstić information content (AvgIpc) is 2.46. The van der Waals surface area contributed by atoms with Crippen molar-refractivity contribution >= 4 is 5.91 Å². The summed E-state index contributed by atoms with van der Waals surface area (Å²) in [7, 11) is 1.13. The molecule has 1 aliphatic rings. The quantitative estimate of drug-likeness (QED) is 0.792. The average molecular weight is 334 g/mol. The van der Waals surface area contributed by atoms with Crippen molar-refractivity contribution in [2.75, 3.05) is 39.8 Å². The van der Waals surface area contributed by atoms with Gasteiger partial charge in [-0.1, -0.05) is 12.1 Å². The van der Waals surface area contributed by atoms with Crippen molar-refractivity contribution in [2.45, 2.75) is 12.3 Å². The molecule has 0 spiro atoms. The number of carbonyl (C=O) groups excluding carboxylic acids is 1. The summed E-state index contributed by atoms with van der Waals surface area (Å²) < 4.78 is 55.4. The number of halogens is 4. The van der Waals surface area contributed by atoms with E-state index in [9.17, 15) is 22.4 Å². The lowest BCUT2D eigenvalue weighted by Crippen LogP contribution is -2.46. The number of carbonyl (C=O) groups is 1. The fraction of sp³-hybridized carbons (Fsp3) is 0.533. The molecule has 2 rings (SSSR count). The van der Waals surface area contributed by atoms with Crippen LogP contribution in [-0.2, 0) is 9.53 Å². The molecule has 0 bridgehead atoms. The predicted octanol–water partition coefficient (Wildman–Crippen LogP) is 2.22. The number of likely N-dealkylation sites (N-methyl/N-ethyl adjacent to an activating group) is 1. The van der Waals surface area contributed by atoms with Gasteiger partial charge in [-0.3, -0.25) is 9.69 Å². The van der Waals surface area contributed by atoms with Crippen LogP contribution in [0.5, 0.6) is 0 Å². The van der Waals surface area contributed by atoms with E-state index in [1.165, 1.54) is 12.1 Å². The van der Waals surface area contributed by atoms with Crippen molar-refractivity contribution in [3.63, 3.8) is 0 Å². The summed E-state index contributed by atoms with van der Waals surface area (Å²) in [6.07, 6.45) is -4.74. The number of hydrogen-bond acceptors (Lipinski definition) is 3. The lowest BCUT2D eigenvalue weighted by molar-refractivity contribution is -0.160. The third-order valence-electron chi connectivity index (χ3n) is 3.59. The van der Waals surface area contributed by atoms with Crippen LogP contribution in [0.3, 0.4) is 0 Å². The maximum absolute atomic E-state index is 12.9. The van der Waals surface area contributed by atoms with Crippen LogP contribution in [0.1, 0.15) is 11.7 Å². The Morgan fingerprint density at radius 2 is 2.00 bits per heavy atom. The van der Waals surface area contributed by atoms with Gasteiger partial charge in [-0.05, 0) is 17.7 Å². The van der Waals surface area contributed by atoms with Crippen LogP contribution in [0, 0.1) is 5.82 Å². The van der Waals surface area contributed by atoms with E-state index < -0.39 is 18.6 Å². The van der Waals surface area contributed by atoms with E-state index in [-0.39, 0.29) is 18.5 Å². The van der Waals surface area contributed by atoms with Crippen LogP contribution < -0.4 is 0 Å². The summed E-state index contributed by atoms with van der Waals surface area (Å²) in [5, 5.41) is 0. The summed E-state index contributed by atoms with van der Waals surface area (Å²) in [5.74, 6) is -0.951. The lowest BCUT2D eigenvalue weighted by atomic mass is 10.1. The summed E-state index contributed by atoms with van der Waals surface area (Å²) >= 11 is 0. The van der Waals surface area contributed by atoms with Crippen LogP contribution in [0.4, 0.5) is 17.6 Å². The van der Waals surface area contributed by atoms with Gasteiger partial charge in [0.2, 0.25) is 5.91 Å². The van der Waals surface area contributed by atoms with Gasteiger partial charge < -0.3 is 9.64 Å². The molecule has 4 nitrogen and oxygen atoms in total. The second kappa shape index (κ2) is 7.27. The monoisotopic (exact) mass is 334 g/mol. The molecule has 1 amide bonds. The number of morpholine rings is 1. The normalized spacial score (nSPS) is 19.6. The first-order valence-corrected chi connectivity index (χ1v) is 7.15. The Labute approximate surface area is 131 Å². The Morgan fingerprint density at radius 3 is 2.61 bits per heavy atom. The zero-order valence-corrected chi connectivity index (χ0v) is 12.6. The number of hydrogen-bond donors (Lipinski definition) is 0. The first-order chi connectivity index (χ1) is 10.7. The molecule has 1 aromatic rings. The standard InChI is InChI=1S/C15H18F4N2O2/c1-20(10-15(17,18)19)14(22)9-21-6-7-23-13(8-21)11-2-4-12(16)5-3-11/h2-5,13H,6-10H2,1H3. The highest BCUT2D eigenvalue weighted by Gasteiger charge is 2.32. The maximum atomic E-state index is 12.9. The Morgan fingerprint density at radius 1 is 1.35 bits per heavy atom. The molecule has 1 fully saturated rings. The predicted molar refractivity (Wildman–Crippen MR) is 75.2 cm³/mol. The Kier molecular flexibility index (Phi) is 5.59. The number of nitrogens with zero attached hydrogens (tertiary/aromatic N) is 2. The fourth-order valence-electron chi connectivity index (χ4n) is 2.39. The Bertz CT molecular complexity index is 533. The number of rotatable bonds is 4. The van der Waals surface area contributed by atoms with Gasteiger partial charge in [0, 0.05) is 20.1 Å². The molecule has 0 N–H and O–H groups in total. The first-order valence-electron chi connectivity index (χ1n) is 7.15. The minimum atomic E-state index is -4.41. The van der Waals surface area contributed by atoms with Crippen molar-refractivity contribution in [2.24, 2.45) is 0 Å². The van der Waals surface area contributed by atoms with Crippen molar-refractivity contribution in [1.82, 2.24) is 9.80 Å². The summed E-state index contributed by atoms with van der Waals surface area (Å²) in [5.41, 5.74) is 0.771. The molecule has 0 aromatic heterocycles. The molecule has 128 valence electrons. The van der Waals surface area contributed by atoms with Gasteiger partial charge in [-0.15, -0.1) is 0 Å². The molecular weight excluding hydrogens is 316 g/mol. The van der Waals surface area contributed by atoms with E-state index in [1.807, 2.05) is 0 Å². The van der Waals surface area contributed by atoms with Gasteiger partial charge in [0.05, 0.1) is 19.3 Å². The number of benzene rings is 1. The van der Waals surface area contributed by atoms with Crippen molar-refractivity contribution < 1.29 is 27.1 Å². The van der Waals surface area contributed by atoms with E-state index in [0.29, 0.717) is 24.6 Å². The molecule has 23 heavy (non-hydrogen) atoms. The zero-order valence-electron chi connectivity index (χ0n) is 12.6. The van der Waals surface area contributed by atoms with E-state index in [4.69, 9.17) is 4.74 Å². The fourth-order valence-corrected chi connectivity index (χ4v) is 2.39. The van der Waals surface area contributed by atoms with Gasteiger partial charge in [-0.2, -0.15) is 13.2 Å². The van der Waals surface area contributed by atoms with E-state index in [0.717, 1.165) is 12.6 Å². The molecule has 1 aromatic carbocycles. The van der Waals surface area contributed by atoms with Crippen LogP contribution in [0.2, 0.25) is 0 Å². The number of ether oxygens (including phenoxy) is 1. The van der Waals surface area contributed by atoms with E-state index >= 15 is 0 Å². The highest BCUT2D eigenvalue weighted by Crippen LogP contribution is 2.22. The molecular formula is C15H18F4N2O2. The topological polar surface area (TPSA) is 32.8 Å². The lowest BCUT2D eigenvalue weighted by Gasteiger charge is -2.33. The van der Waals surface area contributed by atoms with Crippen LogP contribution in [-0.4, -0.2) is 61.7 Å². The molecule has 1 atom stereocenters. The van der Waals surface area contributed by atoms with Crippen molar-refractivity contribution in [1.29, 1.82) is 0 Å². The van der Waals surface area contributed by atoms with Crippen LogP contribution in [0.25, 0.3) is 0 Å². The molecule has 0 radical (unpaired) electrons. The second-order valence-corrected chi connectivity index (χ2v) is 5.51. The Balaban J connectivity index is 1.91.